The van der Waals surface area contributed by atoms with E-state index in [1.807, 2.05) is 0 Å². The SMILES string of the molecule is Cc1cccc(Oc2c(F)cc(C(F)(F)F)cc2F)c1NC=O. The van der Waals surface area contributed by atoms with Crippen LogP contribution in [0.25, 0.3) is 0 Å². The molecule has 23 heavy (non-hydrogen) atoms. The van der Waals surface area contributed by atoms with E-state index in [2.05, 4.69) is 5.32 Å². The molecule has 0 spiro atoms. The zero-order valence-corrected chi connectivity index (χ0v) is 11.7. The van der Waals surface area contributed by atoms with Crippen LogP contribution in [-0.4, -0.2) is 6.41 Å². The Bertz CT molecular complexity index is 720. The molecule has 0 aromatic heterocycles. The van der Waals surface area contributed by atoms with Crippen LogP contribution in [0.4, 0.5) is 27.6 Å². The van der Waals surface area contributed by atoms with Crippen molar-refractivity contribution < 1.29 is 31.5 Å². The number of anilines is 1. The highest BCUT2D eigenvalue weighted by Crippen LogP contribution is 2.37. The number of nitrogens with one attached hydrogen (secondary N) is 1. The molecule has 0 saturated carbocycles. The molecule has 1 N–H and O–H groups in total. The lowest BCUT2D eigenvalue weighted by Crippen LogP contribution is -2.07. The van der Waals surface area contributed by atoms with E-state index in [0.717, 1.165) is 0 Å². The van der Waals surface area contributed by atoms with Crippen LogP contribution in [-0.2, 0) is 11.0 Å². The summed E-state index contributed by atoms with van der Waals surface area (Å²) in [5.74, 6) is -4.10. The molecule has 0 heterocycles. The lowest BCUT2D eigenvalue weighted by Gasteiger charge is -2.15. The quantitative estimate of drug-likeness (QED) is 0.654. The van der Waals surface area contributed by atoms with Crippen LogP contribution < -0.4 is 10.1 Å². The van der Waals surface area contributed by atoms with Gasteiger partial charge >= 0.3 is 6.18 Å². The van der Waals surface area contributed by atoms with Crippen LogP contribution in [0.3, 0.4) is 0 Å². The summed E-state index contributed by atoms with van der Waals surface area (Å²) >= 11 is 0. The number of benzene rings is 2. The van der Waals surface area contributed by atoms with Crippen LogP contribution >= 0.6 is 0 Å². The zero-order chi connectivity index (χ0) is 17.2. The minimum atomic E-state index is -4.88. The van der Waals surface area contributed by atoms with Gasteiger partial charge in [0.2, 0.25) is 6.41 Å². The summed E-state index contributed by atoms with van der Waals surface area (Å²) in [7, 11) is 0. The molecule has 0 saturated heterocycles. The molecule has 2 rings (SSSR count). The summed E-state index contributed by atoms with van der Waals surface area (Å²) < 4.78 is 70.1. The van der Waals surface area contributed by atoms with Gasteiger partial charge in [-0.2, -0.15) is 13.2 Å². The molecule has 122 valence electrons. The topological polar surface area (TPSA) is 38.3 Å². The van der Waals surface area contributed by atoms with Gasteiger partial charge in [0.1, 0.15) is 0 Å². The highest BCUT2D eigenvalue weighted by molar-refractivity contribution is 5.78. The number of amides is 1. The van der Waals surface area contributed by atoms with Gasteiger partial charge in [0.05, 0.1) is 11.3 Å². The van der Waals surface area contributed by atoms with E-state index in [1.165, 1.54) is 12.1 Å². The third kappa shape index (κ3) is 3.58. The average Bonchev–Trinajstić information content (AvgIpc) is 2.45. The summed E-state index contributed by atoms with van der Waals surface area (Å²) in [6, 6.07) is 4.70. The number of hydrogen-bond donors (Lipinski definition) is 1. The number of para-hydroxylation sites is 1. The first-order chi connectivity index (χ1) is 10.7. The molecule has 0 aliphatic rings. The Labute approximate surface area is 127 Å². The van der Waals surface area contributed by atoms with Crippen molar-refractivity contribution >= 4 is 12.1 Å². The zero-order valence-electron chi connectivity index (χ0n) is 11.7. The molecule has 0 atom stereocenters. The third-order valence-corrected chi connectivity index (χ3v) is 2.98. The normalized spacial score (nSPS) is 11.2. The Morgan fingerprint density at radius 1 is 1.13 bits per heavy atom. The van der Waals surface area contributed by atoms with Crippen molar-refractivity contribution in [2.24, 2.45) is 0 Å². The first-order valence-electron chi connectivity index (χ1n) is 6.28. The molecule has 0 unspecified atom stereocenters. The maximum Gasteiger partial charge on any atom is 0.416 e. The number of ether oxygens (including phenoxy) is 1. The molecule has 0 bridgehead atoms. The Morgan fingerprint density at radius 3 is 2.26 bits per heavy atom. The van der Waals surface area contributed by atoms with Gasteiger partial charge in [-0.25, -0.2) is 8.78 Å². The van der Waals surface area contributed by atoms with Gasteiger partial charge < -0.3 is 10.1 Å². The average molecular weight is 331 g/mol. The predicted octanol–water partition coefficient (Wildman–Crippen LogP) is 4.65. The minimum absolute atomic E-state index is 0.102. The van der Waals surface area contributed by atoms with Crippen molar-refractivity contribution in [2.45, 2.75) is 13.1 Å². The van der Waals surface area contributed by atoms with Gasteiger partial charge in [-0.15, -0.1) is 0 Å². The van der Waals surface area contributed by atoms with E-state index in [9.17, 15) is 26.7 Å². The fourth-order valence-electron chi connectivity index (χ4n) is 1.90. The third-order valence-electron chi connectivity index (χ3n) is 2.98. The molecule has 0 aliphatic carbocycles. The highest BCUT2D eigenvalue weighted by atomic mass is 19.4. The van der Waals surface area contributed by atoms with E-state index >= 15 is 0 Å². The standard InChI is InChI=1S/C15H10F5NO2/c1-8-3-2-4-12(13(8)21-7-22)23-14-10(16)5-9(6-11(14)17)15(18,19)20/h2-7H,1H3,(H,21,22). The molecule has 2 aromatic rings. The number of alkyl halides is 3. The van der Waals surface area contributed by atoms with Crippen molar-refractivity contribution in [1.82, 2.24) is 0 Å². The van der Waals surface area contributed by atoms with Crippen molar-refractivity contribution in [3.63, 3.8) is 0 Å². The molecule has 2 aromatic carbocycles. The lowest BCUT2D eigenvalue weighted by molar-refractivity contribution is -0.138. The van der Waals surface area contributed by atoms with Crippen LogP contribution in [0.5, 0.6) is 11.5 Å². The van der Waals surface area contributed by atoms with Gasteiger partial charge in [0.15, 0.2) is 23.1 Å². The summed E-state index contributed by atoms with van der Waals surface area (Å²) in [6.45, 7) is 1.61. The Balaban J connectivity index is 2.46. The summed E-state index contributed by atoms with van der Waals surface area (Å²) in [4.78, 5) is 10.6. The number of hydrogen-bond acceptors (Lipinski definition) is 2. The van der Waals surface area contributed by atoms with Crippen LogP contribution in [0, 0.1) is 18.6 Å². The summed E-state index contributed by atoms with van der Waals surface area (Å²) in [5, 5.41) is 2.31. The number of carbonyl (C=O) groups is 1. The van der Waals surface area contributed by atoms with E-state index in [0.29, 0.717) is 12.0 Å². The maximum atomic E-state index is 13.8. The summed E-state index contributed by atoms with van der Waals surface area (Å²) in [6.07, 6.45) is -4.54. The number of aryl methyl sites for hydroxylation is 1. The molecular weight excluding hydrogens is 321 g/mol. The first kappa shape index (κ1) is 16.7. The van der Waals surface area contributed by atoms with Crippen molar-refractivity contribution in [3.8, 4) is 11.5 Å². The first-order valence-corrected chi connectivity index (χ1v) is 6.28. The van der Waals surface area contributed by atoms with E-state index in [-0.39, 0.29) is 23.6 Å². The second kappa shape index (κ2) is 6.23. The maximum absolute atomic E-state index is 13.8. The van der Waals surface area contributed by atoms with Crippen molar-refractivity contribution in [2.75, 3.05) is 5.32 Å². The number of rotatable bonds is 4. The molecule has 0 fully saturated rings. The fourth-order valence-corrected chi connectivity index (χ4v) is 1.90. The molecular formula is C15H10F5NO2. The second-order valence-corrected chi connectivity index (χ2v) is 4.58. The van der Waals surface area contributed by atoms with Gasteiger partial charge in [0, 0.05) is 0 Å². The van der Waals surface area contributed by atoms with E-state index in [4.69, 9.17) is 4.74 Å². The van der Waals surface area contributed by atoms with Gasteiger partial charge in [-0.3, -0.25) is 4.79 Å². The summed E-state index contributed by atoms with van der Waals surface area (Å²) in [5.41, 5.74) is -0.765. The second-order valence-electron chi connectivity index (χ2n) is 4.58. The molecule has 0 aliphatic heterocycles. The van der Waals surface area contributed by atoms with Crippen molar-refractivity contribution in [3.05, 3.63) is 53.1 Å². The Kier molecular flexibility index (Phi) is 4.53. The van der Waals surface area contributed by atoms with Crippen LogP contribution in [0.2, 0.25) is 0 Å². The molecule has 1 amide bonds. The lowest BCUT2D eigenvalue weighted by atomic mass is 10.1. The van der Waals surface area contributed by atoms with Crippen LogP contribution in [0.15, 0.2) is 30.3 Å². The number of carbonyl (C=O) groups excluding carboxylic acids is 1. The minimum Gasteiger partial charge on any atom is -0.449 e. The molecule has 8 heteroatoms. The predicted molar refractivity (Wildman–Crippen MR) is 72.3 cm³/mol. The van der Waals surface area contributed by atoms with E-state index in [1.54, 1.807) is 13.0 Å². The Hall–Kier alpha value is -2.64. The fraction of sp³-hybridized carbons (Fsp3) is 0.133. The van der Waals surface area contributed by atoms with Gasteiger partial charge in [-0.1, -0.05) is 12.1 Å². The highest BCUT2D eigenvalue weighted by Gasteiger charge is 2.33. The monoisotopic (exact) mass is 331 g/mol. The molecule has 3 nitrogen and oxygen atoms in total. The molecule has 0 radical (unpaired) electrons. The number of halogens is 5. The van der Waals surface area contributed by atoms with Gasteiger partial charge in [0.25, 0.3) is 0 Å². The van der Waals surface area contributed by atoms with E-state index < -0.39 is 29.1 Å². The largest absolute Gasteiger partial charge is 0.449 e. The van der Waals surface area contributed by atoms with Crippen molar-refractivity contribution in [1.29, 1.82) is 0 Å². The van der Waals surface area contributed by atoms with Crippen LogP contribution in [0.1, 0.15) is 11.1 Å². The Morgan fingerprint density at radius 2 is 1.74 bits per heavy atom. The smallest absolute Gasteiger partial charge is 0.416 e. The van der Waals surface area contributed by atoms with Gasteiger partial charge in [-0.05, 0) is 30.7 Å².